The molecule has 0 spiro atoms. The highest BCUT2D eigenvalue weighted by molar-refractivity contribution is 5.84. The molecule has 0 aliphatic rings. The number of aromatic hydroxyl groups is 1. The van der Waals surface area contributed by atoms with Crippen molar-refractivity contribution < 1.29 is 9.94 Å². The fourth-order valence-electron chi connectivity index (χ4n) is 1.67. The molecule has 0 amide bonds. The molecule has 4 nitrogen and oxygen atoms in total. The summed E-state index contributed by atoms with van der Waals surface area (Å²) in [7, 11) is 0. The second-order valence-electron chi connectivity index (χ2n) is 3.63. The first-order valence-electron chi connectivity index (χ1n) is 5.24. The van der Waals surface area contributed by atoms with Crippen LogP contribution in [-0.4, -0.2) is 15.1 Å². The first-order chi connectivity index (χ1) is 8.34. The van der Waals surface area contributed by atoms with Crippen LogP contribution >= 0.6 is 0 Å². The van der Waals surface area contributed by atoms with Crippen LogP contribution in [0.5, 0.6) is 11.5 Å². The highest BCUT2D eigenvalue weighted by atomic mass is 16.7. The first-order valence-corrected chi connectivity index (χ1v) is 5.24. The monoisotopic (exact) mass is 226 g/mol. The van der Waals surface area contributed by atoms with Crippen molar-refractivity contribution in [2.45, 2.75) is 0 Å². The molecule has 0 atom stereocenters. The number of benzene rings is 2. The van der Waals surface area contributed by atoms with Gasteiger partial charge < -0.3 is 9.94 Å². The van der Waals surface area contributed by atoms with Crippen molar-refractivity contribution >= 4 is 10.9 Å². The minimum atomic E-state index is 0.199. The summed E-state index contributed by atoms with van der Waals surface area (Å²) >= 11 is 0. The number of nitrogens with zero attached hydrogens (tertiary/aromatic N) is 2. The summed E-state index contributed by atoms with van der Waals surface area (Å²) < 4.78 is 0. The summed E-state index contributed by atoms with van der Waals surface area (Å²) in [6.07, 6.45) is 1.58. The van der Waals surface area contributed by atoms with Crippen LogP contribution in [0.2, 0.25) is 0 Å². The average Bonchev–Trinajstić information content (AvgIpc) is 2.76. The molecule has 4 heteroatoms. The van der Waals surface area contributed by atoms with Gasteiger partial charge in [-0.25, -0.2) is 0 Å². The molecule has 0 saturated carbocycles. The predicted molar refractivity (Wildman–Crippen MR) is 63.9 cm³/mol. The lowest BCUT2D eigenvalue weighted by Crippen LogP contribution is -2.06. The minimum Gasteiger partial charge on any atom is -0.507 e. The van der Waals surface area contributed by atoms with Crippen LogP contribution < -0.4 is 4.84 Å². The second-order valence-corrected chi connectivity index (χ2v) is 3.63. The molecule has 84 valence electrons. The number of phenols is 1. The normalized spacial score (nSPS) is 10.6. The Morgan fingerprint density at radius 3 is 2.65 bits per heavy atom. The van der Waals surface area contributed by atoms with Gasteiger partial charge in [0.05, 0.1) is 11.6 Å². The topological polar surface area (TPSA) is 47.3 Å². The fraction of sp³-hybridized carbons (Fsp3) is 0. The number of hydrogen-bond donors (Lipinski definition) is 1. The summed E-state index contributed by atoms with van der Waals surface area (Å²) in [6, 6.07) is 14.6. The van der Waals surface area contributed by atoms with Gasteiger partial charge in [-0.05, 0) is 24.3 Å². The van der Waals surface area contributed by atoms with Crippen molar-refractivity contribution in [1.82, 2.24) is 9.94 Å². The third kappa shape index (κ3) is 1.69. The van der Waals surface area contributed by atoms with Crippen molar-refractivity contribution in [3.05, 3.63) is 54.7 Å². The Bertz CT molecular complexity index is 647. The number of rotatable bonds is 2. The Kier molecular flexibility index (Phi) is 2.19. The highest BCUT2D eigenvalue weighted by Crippen LogP contribution is 2.24. The summed E-state index contributed by atoms with van der Waals surface area (Å²) in [5.41, 5.74) is 0.730. The van der Waals surface area contributed by atoms with Crippen LogP contribution in [-0.2, 0) is 0 Å². The predicted octanol–water partition coefficient (Wildman–Crippen LogP) is 2.58. The van der Waals surface area contributed by atoms with Crippen LogP contribution in [0.25, 0.3) is 10.9 Å². The van der Waals surface area contributed by atoms with E-state index in [2.05, 4.69) is 5.10 Å². The maximum absolute atomic E-state index is 9.64. The highest BCUT2D eigenvalue weighted by Gasteiger charge is 2.07. The zero-order valence-electron chi connectivity index (χ0n) is 8.95. The number of aromatic nitrogens is 2. The van der Waals surface area contributed by atoms with Gasteiger partial charge in [0.2, 0.25) is 0 Å². The molecule has 0 aliphatic carbocycles. The fourth-order valence-corrected chi connectivity index (χ4v) is 1.67. The molecule has 0 aliphatic heterocycles. The van der Waals surface area contributed by atoms with E-state index in [9.17, 15) is 5.11 Å². The lowest BCUT2D eigenvalue weighted by molar-refractivity contribution is 0.191. The number of phenolic OH excluding ortho intramolecular Hbond substituents is 1. The third-order valence-corrected chi connectivity index (χ3v) is 2.49. The smallest absolute Gasteiger partial charge is 0.157 e. The van der Waals surface area contributed by atoms with Crippen LogP contribution in [0.15, 0.2) is 54.7 Å². The summed E-state index contributed by atoms with van der Waals surface area (Å²) in [5.74, 6) is 0.895. The van der Waals surface area contributed by atoms with Gasteiger partial charge in [-0.3, -0.25) is 0 Å². The molecule has 0 radical (unpaired) electrons. The van der Waals surface area contributed by atoms with E-state index < -0.39 is 0 Å². The van der Waals surface area contributed by atoms with Gasteiger partial charge in [0.15, 0.2) is 5.75 Å². The Balaban J connectivity index is 2.05. The third-order valence-electron chi connectivity index (χ3n) is 2.49. The van der Waals surface area contributed by atoms with E-state index in [1.165, 1.54) is 4.85 Å². The van der Waals surface area contributed by atoms with Crippen LogP contribution in [0.1, 0.15) is 0 Å². The van der Waals surface area contributed by atoms with E-state index in [1.54, 1.807) is 18.3 Å². The van der Waals surface area contributed by atoms with Crippen LogP contribution in [0, 0.1) is 0 Å². The number of hydrogen-bond acceptors (Lipinski definition) is 3. The number of fused-ring (bicyclic) bond motifs is 1. The molecule has 1 aromatic heterocycles. The summed E-state index contributed by atoms with van der Waals surface area (Å²) in [4.78, 5) is 6.97. The molecule has 2 aromatic carbocycles. The second kappa shape index (κ2) is 3.83. The van der Waals surface area contributed by atoms with Gasteiger partial charge in [-0.1, -0.05) is 29.1 Å². The minimum absolute atomic E-state index is 0.199. The van der Waals surface area contributed by atoms with Gasteiger partial charge in [0, 0.05) is 0 Å². The van der Waals surface area contributed by atoms with E-state index in [0.29, 0.717) is 11.1 Å². The van der Waals surface area contributed by atoms with E-state index in [1.807, 2.05) is 36.4 Å². The van der Waals surface area contributed by atoms with Gasteiger partial charge in [0.1, 0.15) is 11.3 Å². The molecule has 0 unspecified atom stereocenters. The van der Waals surface area contributed by atoms with Crippen molar-refractivity contribution in [1.29, 1.82) is 0 Å². The Morgan fingerprint density at radius 2 is 1.82 bits per heavy atom. The molecule has 1 heterocycles. The first kappa shape index (κ1) is 9.72. The molecule has 0 saturated heterocycles. The van der Waals surface area contributed by atoms with Crippen LogP contribution in [0.4, 0.5) is 0 Å². The zero-order chi connectivity index (χ0) is 11.7. The van der Waals surface area contributed by atoms with Crippen molar-refractivity contribution in [2.24, 2.45) is 0 Å². The molecule has 17 heavy (non-hydrogen) atoms. The summed E-state index contributed by atoms with van der Waals surface area (Å²) in [5, 5.41) is 14.4. The molecule has 0 bridgehead atoms. The van der Waals surface area contributed by atoms with E-state index in [-0.39, 0.29) is 5.75 Å². The quantitative estimate of drug-likeness (QED) is 0.730. The van der Waals surface area contributed by atoms with Gasteiger partial charge in [0.25, 0.3) is 0 Å². The molecular formula is C13H10N2O2. The van der Waals surface area contributed by atoms with Gasteiger partial charge in [-0.15, -0.1) is 5.10 Å². The largest absolute Gasteiger partial charge is 0.507 e. The summed E-state index contributed by atoms with van der Waals surface area (Å²) in [6.45, 7) is 0. The molecule has 3 rings (SSSR count). The lowest BCUT2D eigenvalue weighted by Gasteiger charge is -2.05. The molecule has 1 N–H and O–H groups in total. The lowest BCUT2D eigenvalue weighted by atomic mass is 10.2. The van der Waals surface area contributed by atoms with Gasteiger partial charge >= 0.3 is 0 Å². The van der Waals surface area contributed by atoms with E-state index in [4.69, 9.17) is 4.84 Å². The average molecular weight is 226 g/mol. The van der Waals surface area contributed by atoms with Crippen molar-refractivity contribution in [3.63, 3.8) is 0 Å². The standard InChI is InChI=1S/C13H10N2O2/c16-13-8-4-7-12-11(13)9-14-15(12)17-10-5-2-1-3-6-10/h1-9,16H. The van der Waals surface area contributed by atoms with E-state index >= 15 is 0 Å². The number of para-hydroxylation sites is 1. The molecule has 3 aromatic rings. The maximum Gasteiger partial charge on any atom is 0.157 e. The zero-order valence-corrected chi connectivity index (χ0v) is 8.95. The van der Waals surface area contributed by atoms with E-state index in [0.717, 1.165) is 5.52 Å². The SMILES string of the molecule is Oc1cccc2c1cnn2Oc1ccccc1. The Morgan fingerprint density at radius 1 is 1.00 bits per heavy atom. The molecular weight excluding hydrogens is 216 g/mol. The van der Waals surface area contributed by atoms with Crippen molar-refractivity contribution in [2.75, 3.05) is 0 Å². The maximum atomic E-state index is 9.64. The van der Waals surface area contributed by atoms with Crippen molar-refractivity contribution in [3.8, 4) is 11.5 Å². The molecule has 0 fully saturated rings. The van der Waals surface area contributed by atoms with Crippen LogP contribution in [0.3, 0.4) is 0 Å². The van der Waals surface area contributed by atoms with Gasteiger partial charge in [-0.2, -0.15) is 0 Å². The Hall–Kier alpha value is -2.49. The Labute approximate surface area is 97.6 Å².